The van der Waals surface area contributed by atoms with Gasteiger partial charge in [0.1, 0.15) is 0 Å². The minimum absolute atomic E-state index is 0.405. The zero-order chi connectivity index (χ0) is 13.0. The Morgan fingerprint density at radius 2 is 2.06 bits per heavy atom. The second-order valence-electron chi connectivity index (χ2n) is 5.49. The Morgan fingerprint density at radius 3 is 2.67 bits per heavy atom. The van der Waals surface area contributed by atoms with Crippen LogP contribution in [0.25, 0.3) is 0 Å². The third-order valence-electron chi connectivity index (χ3n) is 3.57. The molecular weight excluding hydrogens is 246 g/mol. The summed E-state index contributed by atoms with van der Waals surface area (Å²) in [5.74, 6) is 2.38. The number of alkyl halides is 1. The number of ether oxygens (including phenoxy) is 1. The van der Waals surface area contributed by atoms with Gasteiger partial charge in [-0.3, -0.25) is 0 Å². The Hall–Kier alpha value is -0.760. The van der Waals surface area contributed by atoms with Gasteiger partial charge in [-0.05, 0) is 36.3 Å². The van der Waals surface area contributed by atoms with Crippen molar-refractivity contribution in [3.8, 4) is 5.88 Å². The molecule has 3 heteroatoms. The van der Waals surface area contributed by atoms with Gasteiger partial charge < -0.3 is 4.74 Å². The lowest BCUT2D eigenvalue weighted by atomic mass is 10.1. The molecule has 0 aromatic carbocycles. The molecule has 1 aromatic rings. The fourth-order valence-electron chi connectivity index (χ4n) is 2.41. The molecule has 1 heterocycles. The van der Waals surface area contributed by atoms with Crippen molar-refractivity contribution in [1.29, 1.82) is 0 Å². The van der Waals surface area contributed by atoms with Gasteiger partial charge in [-0.15, -0.1) is 11.6 Å². The topological polar surface area (TPSA) is 22.1 Å². The molecule has 2 nitrogen and oxygen atoms in total. The Morgan fingerprint density at radius 1 is 1.33 bits per heavy atom. The van der Waals surface area contributed by atoms with E-state index in [1.54, 1.807) is 0 Å². The van der Waals surface area contributed by atoms with Crippen molar-refractivity contribution in [2.75, 3.05) is 6.61 Å². The first kappa shape index (κ1) is 13.7. The predicted molar refractivity (Wildman–Crippen MR) is 75.3 cm³/mol. The van der Waals surface area contributed by atoms with E-state index in [4.69, 9.17) is 16.3 Å². The van der Waals surface area contributed by atoms with Crippen LogP contribution in [0.15, 0.2) is 12.1 Å². The number of hydrogen-bond acceptors (Lipinski definition) is 2. The normalized spacial score (nSPS) is 16.4. The first-order valence-corrected chi connectivity index (χ1v) is 7.42. The maximum absolute atomic E-state index is 5.92. The van der Waals surface area contributed by atoms with Gasteiger partial charge in [-0.25, -0.2) is 4.98 Å². The van der Waals surface area contributed by atoms with E-state index < -0.39 is 0 Å². The highest BCUT2D eigenvalue weighted by atomic mass is 35.5. The molecule has 1 fully saturated rings. The summed E-state index contributed by atoms with van der Waals surface area (Å²) in [6.07, 6.45) is 5.29. The summed E-state index contributed by atoms with van der Waals surface area (Å²) >= 11 is 5.92. The molecule has 1 saturated carbocycles. The van der Waals surface area contributed by atoms with Crippen molar-refractivity contribution < 1.29 is 4.74 Å². The van der Waals surface area contributed by atoms with E-state index >= 15 is 0 Å². The molecule has 1 aliphatic carbocycles. The molecule has 0 radical (unpaired) electrons. The molecule has 1 aliphatic rings. The van der Waals surface area contributed by atoms with Crippen LogP contribution in [0, 0.1) is 5.92 Å². The summed E-state index contributed by atoms with van der Waals surface area (Å²) < 4.78 is 5.85. The Balaban J connectivity index is 2.03. The van der Waals surface area contributed by atoms with Crippen LogP contribution in [0.1, 0.15) is 56.7 Å². The lowest BCUT2D eigenvalue weighted by molar-refractivity contribution is 0.242. The highest BCUT2D eigenvalue weighted by Gasteiger charge is 2.16. The highest BCUT2D eigenvalue weighted by molar-refractivity contribution is 6.17. The van der Waals surface area contributed by atoms with E-state index in [2.05, 4.69) is 24.9 Å². The zero-order valence-corrected chi connectivity index (χ0v) is 12.0. The number of rotatable bonds is 5. The van der Waals surface area contributed by atoms with Crippen molar-refractivity contribution in [3.05, 3.63) is 23.4 Å². The summed E-state index contributed by atoms with van der Waals surface area (Å²) in [5.41, 5.74) is 2.16. The summed E-state index contributed by atoms with van der Waals surface area (Å²) in [7, 11) is 0. The molecule has 1 aromatic heterocycles. The van der Waals surface area contributed by atoms with Crippen molar-refractivity contribution in [2.24, 2.45) is 5.92 Å². The number of aromatic nitrogens is 1. The van der Waals surface area contributed by atoms with Gasteiger partial charge in [0.15, 0.2) is 0 Å². The van der Waals surface area contributed by atoms with E-state index in [0.29, 0.717) is 17.7 Å². The van der Waals surface area contributed by atoms with Gasteiger partial charge in [0.05, 0.1) is 6.61 Å². The van der Waals surface area contributed by atoms with Gasteiger partial charge in [0, 0.05) is 17.6 Å². The minimum atomic E-state index is 0.405. The van der Waals surface area contributed by atoms with Crippen LogP contribution < -0.4 is 4.74 Å². The number of halogens is 1. The van der Waals surface area contributed by atoms with Crippen LogP contribution in [0.5, 0.6) is 5.88 Å². The van der Waals surface area contributed by atoms with Gasteiger partial charge in [-0.1, -0.05) is 26.7 Å². The summed E-state index contributed by atoms with van der Waals surface area (Å²) in [6.45, 7) is 5.08. The van der Waals surface area contributed by atoms with Gasteiger partial charge in [0.25, 0.3) is 0 Å². The SMILES string of the molecule is CC(C)c1cc(CCl)cc(OCC2CCCC2)n1. The van der Waals surface area contributed by atoms with Crippen LogP contribution in [-0.4, -0.2) is 11.6 Å². The monoisotopic (exact) mass is 267 g/mol. The van der Waals surface area contributed by atoms with Crippen LogP contribution in [0.3, 0.4) is 0 Å². The molecule has 0 unspecified atom stereocenters. The standard InChI is InChI=1S/C15H22ClNO/c1-11(2)14-7-13(9-16)8-15(17-14)18-10-12-5-3-4-6-12/h7-8,11-12H,3-6,9-10H2,1-2H3. The fourth-order valence-corrected chi connectivity index (χ4v) is 2.56. The highest BCUT2D eigenvalue weighted by Crippen LogP contribution is 2.26. The summed E-state index contributed by atoms with van der Waals surface area (Å²) in [6, 6.07) is 4.04. The second-order valence-corrected chi connectivity index (χ2v) is 5.76. The van der Waals surface area contributed by atoms with Gasteiger partial charge in [0.2, 0.25) is 5.88 Å². The molecule has 18 heavy (non-hydrogen) atoms. The molecule has 100 valence electrons. The van der Waals surface area contributed by atoms with E-state index in [0.717, 1.165) is 23.7 Å². The average molecular weight is 268 g/mol. The van der Waals surface area contributed by atoms with Crippen LogP contribution in [0.2, 0.25) is 0 Å². The van der Waals surface area contributed by atoms with E-state index in [9.17, 15) is 0 Å². The minimum Gasteiger partial charge on any atom is -0.477 e. The molecule has 0 spiro atoms. The third kappa shape index (κ3) is 3.61. The molecular formula is C15H22ClNO. The van der Waals surface area contributed by atoms with Crippen LogP contribution in [-0.2, 0) is 5.88 Å². The van der Waals surface area contributed by atoms with Crippen molar-refractivity contribution >= 4 is 11.6 Å². The smallest absolute Gasteiger partial charge is 0.213 e. The average Bonchev–Trinajstić information content (AvgIpc) is 2.89. The molecule has 0 bridgehead atoms. The van der Waals surface area contributed by atoms with E-state index in [1.165, 1.54) is 25.7 Å². The van der Waals surface area contributed by atoms with Gasteiger partial charge >= 0.3 is 0 Å². The molecule has 0 saturated heterocycles. The largest absolute Gasteiger partial charge is 0.477 e. The summed E-state index contributed by atoms with van der Waals surface area (Å²) in [5, 5.41) is 0. The van der Waals surface area contributed by atoms with Crippen molar-refractivity contribution in [3.63, 3.8) is 0 Å². The fraction of sp³-hybridized carbons (Fsp3) is 0.667. The second kappa shape index (κ2) is 6.42. The molecule has 2 rings (SSSR count). The molecule has 0 atom stereocenters. The maximum atomic E-state index is 5.92. The zero-order valence-electron chi connectivity index (χ0n) is 11.3. The Labute approximate surface area is 115 Å². The summed E-state index contributed by atoms with van der Waals surface area (Å²) in [4.78, 5) is 4.56. The van der Waals surface area contributed by atoms with E-state index in [1.807, 2.05) is 6.07 Å². The lowest BCUT2D eigenvalue weighted by Gasteiger charge is -2.13. The van der Waals surface area contributed by atoms with Crippen molar-refractivity contribution in [1.82, 2.24) is 4.98 Å². The van der Waals surface area contributed by atoms with E-state index in [-0.39, 0.29) is 0 Å². The lowest BCUT2D eigenvalue weighted by Crippen LogP contribution is -2.10. The number of hydrogen-bond donors (Lipinski definition) is 0. The Bertz CT molecular complexity index is 386. The number of pyridine rings is 1. The van der Waals surface area contributed by atoms with Crippen molar-refractivity contribution in [2.45, 2.75) is 51.3 Å². The van der Waals surface area contributed by atoms with Crippen LogP contribution in [0.4, 0.5) is 0 Å². The van der Waals surface area contributed by atoms with Crippen LogP contribution >= 0.6 is 11.6 Å². The quantitative estimate of drug-likeness (QED) is 0.732. The van der Waals surface area contributed by atoms with Gasteiger partial charge in [-0.2, -0.15) is 0 Å². The Kier molecular flexibility index (Phi) is 4.87. The maximum Gasteiger partial charge on any atom is 0.213 e. The molecule has 0 amide bonds. The first-order valence-electron chi connectivity index (χ1n) is 6.88. The third-order valence-corrected chi connectivity index (χ3v) is 3.88. The predicted octanol–water partition coefficient (Wildman–Crippen LogP) is 4.51. The molecule has 0 aliphatic heterocycles. The molecule has 0 N–H and O–H groups in total. The number of nitrogens with zero attached hydrogens (tertiary/aromatic N) is 1. The first-order chi connectivity index (χ1) is 8.69.